The highest BCUT2D eigenvalue weighted by atomic mass is 16.5. The lowest BCUT2D eigenvalue weighted by Crippen LogP contribution is -2.29. The first-order valence-corrected chi connectivity index (χ1v) is 9.63. The Hall–Kier alpha value is -2.53. The lowest BCUT2D eigenvalue weighted by molar-refractivity contribution is 0.0400. The highest BCUT2D eigenvalue weighted by molar-refractivity contribution is 5.85. The van der Waals surface area contributed by atoms with Gasteiger partial charge in [-0.3, -0.25) is 4.98 Å². The number of nitrogens with zero attached hydrogens (tertiary/aromatic N) is 2. The van der Waals surface area contributed by atoms with E-state index in [1.165, 1.54) is 18.4 Å². The summed E-state index contributed by atoms with van der Waals surface area (Å²) in [4.78, 5) is 6.70. The van der Waals surface area contributed by atoms with Gasteiger partial charge in [0.05, 0.1) is 25.3 Å². The van der Waals surface area contributed by atoms with Crippen LogP contribution in [0, 0.1) is 0 Å². The summed E-state index contributed by atoms with van der Waals surface area (Å²) in [6, 6.07) is 7.78. The summed E-state index contributed by atoms with van der Waals surface area (Å²) in [7, 11) is 1.66. The Balaban J connectivity index is 1.37. The van der Waals surface area contributed by atoms with Crippen molar-refractivity contribution in [3.63, 3.8) is 0 Å². The van der Waals surface area contributed by atoms with Crippen molar-refractivity contribution in [3.8, 4) is 11.5 Å². The summed E-state index contributed by atoms with van der Waals surface area (Å²) in [5.41, 5.74) is 2.16. The molecule has 2 aromatic rings. The minimum atomic E-state index is 0.248. The molecule has 1 atom stereocenters. The van der Waals surface area contributed by atoms with Crippen LogP contribution in [-0.2, 0) is 4.74 Å². The number of benzene rings is 1. The van der Waals surface area contributed by atoms with Gasteiger partial charge < -0.3 is 19.1 Å². The molecule has 5 nitrogen and oxygen atoms in total. The Kier molecular flexibility index (Phi) is 5.58. The fourth-order valence-electron chi connectivity index (χ4n) is 3.61. The fraction of sp³-hybridized carbons (Fsp3) is 0.409. The first kappa shape index (κ1) is 17.9. The number of pyridine rings is 1. The molecule has 2 aliphatic rings. The van der Waals surface area contributed by atoms with Crippen LogP contribution in [-0.4, -0.2) is 49.4 Å². The van der Waals surface area contributed by atoms with Crippen LogP contribution in [0.15, 0.2) is 54.4 Å². The first-order chi connectivity index (χ1) is 13.3. The van der Waals surface area contributed by atoms with Gasteiger partial charge in [0.1, 0.15) is 18.1 Å². The van der Waals surface area contributed by atoms with Gasteiger partial charge in [0.25, 0.3) is 0 Å². The third-order valence-electron chi connectivity index (χ3n) is 5.08. The molecule has 1 aromatic heterocycles. The topological polar surface area (TPSA) is 43.8 Å². The van der Waals surface area contributed by atoms with Crippen LogP contribution in [0.2, 0.25) is 0 Å². The molecule has 5 heteroatoms. The van der Waals surface area contributed by atoms with E-state index in [1.54, 1.807) is 13.3 Å². The second-order valence-electron chi connectivity index (χ2n) is 6.92. The quantitative estimate of drug-likeness (QED) is 0.775. The molecule has 27 heavy (non-hydrogen) atoms. The van der Waals surface area contributed by atoms with Crippen LogP contribution < -0.4 is 9.47 Å². The second-order valence-corrected chi connectivity index (χ2v) is 6.92. The molecule has 0 saturated carbocycles. The van der Waals surface area contributed by atoms with Crippen molar-refractivity contribution >= 4 is 10.9 Å². The molecule has 1 aromatic carbocycles. The van der Waals surface area contributed by atoms with Crippen LogP contribution in [0.1, 0.15) is 19.3 Å². The second kappa shape index (κ2) is 8.44. The van der Waals surface area contributed by atoms with Crippen molar-refractivity contribution in [2.45, 2.75) is 25.4 Å². The normalized spacial score (nSPS) is 19.8. The van der Waals surface area contributed by atoms with Gasteiger partial charge in [-0.2, -0.15) is 0 Å². The zero-order valence-corrected chi connectivity index (χ0v) is 15.8. The summed E-state index contributed by atoms with van der Waals surface area (Å²) >= 11 is 0. The van der Waals surface area contributed by atoms with Crippen LogP contribution in [0.3, 0.4) is 0 Å². The molecule has 0 amide bonds. The van der Waals surface area contributed by atoms with Crippen LogP contribution in [0.5, 0.6) is 11.5 Å². The number of fused-ring (bicyclic) bond motifs is 1. The van der Waals surface area contributed by atoms with E-state index < -0.39 is 0 Å². The molecule has 3 heterocycles. The molecule has 0 radical (unpaired) electrons. The molecule has 0 N–H and O–H groups in total. The van der Waals surface area contributed by atoms with Gasteiger partial charge in [0, 0.05) is 37.0 Å². The maximum Gasteiger partial charge on any atom is 0.130 e. The predicted octanol–water partition coefficient (Wildman–Crippen LogP) is 3.95. The average Bonchev–Trinajstić information content (AvgIpc) is 2.74. The van der Waals surface area contributed by atoms with Gasteiger partial charge in [0.2, 0.25) is 0 Å². The van der Waals surface area contributed by atoms with Gasteiger partial charge in [-0.15, -0.1) is 0 Å². The highest BCUT2D eigenvalue weighted by Gasteiger charge is 2.19. The van der Waals surface area contributed by atoms with Crippen molar-refractivity contribution in [1.82, 2.24) is 9.88 Å². The highest BCUT2D eigenvalue weighted by Crippen LogP contribution is 2.27. The Morgan fingerprint density at radius 2 is 2.22 bits per heavy atom. The smallest absolute Gasteiger partial charge is 0.130 e. The Morgan fingerprint density at radius 1 is 1.26 bits per heavy atom. The zero-order chi connectivity index (χ0) is 18.5. The third kappa shape index (κ3) is 4.25. The summed E-state index contributed by atoms with van der Waals surface area (Å²) in [6.45, 7) is 3.24. The summed E-state index contributed by atoms with van der Waals surface area (Å²) < 4.78 is 17.3. The molecule has 2 aliphatic heterocycles. The number of rotatable bonds is 6. The Labute approximate surface area is 160 Å². The van der Waals surface area contributed by atoms with E-state index in [0.29, 0.717) is 6.61 Å². The minimum Gasteiger partial charge on any atom is -0.497 e. The van der Waals surface area contributed by atoms with Gasteiger partial charge in [-0.05, 0) is 43.0 Å². The van der Waals surface area contributed by atoms with Gasteiger partial charge in [-0.1, -0.05) is 12.2 Å². The van der Waals surface area contributed by atoms with Crippen molar-refractivity contribution in [3.05, 3.63) is 54.4 Å². The number of aromatic nitrogens is 1. The Bertz CT molecular complexity index is 841. The van der Waals surface area contributed by atoms with E-state index in [0.717, 1.165) is 48.5 Å². The summed E-state index contributed by atoms with van der Waals surface area (Å²) in [5, 5.41) is 1.00. The number of hydrogen-bond acceptors (Lipinski definition) is 5. The Morgan fingerprint density at radius 3 is 3.07 bits per heavy atom. The first-order valence-electron chi connectivity index (χ1n) is 9.63. The number of methoxy groups -OCH3 is 1. The molecular weight excluding hydrogens is 340 g/mol. The van der Waals surface area contributed by atoms with E-state index in [2.05, 4.69) is 28.2 Å². The van der Waals surface area contributed by atoms with Crippen molar-refractivity contribution in [1.29, 1.82) is 0 Å². The fourth-order valence-corrected chi connectivity index (χ4v) is 3.61. The van der Waals surface area contributed by atoms with Crippen LogP contribution >= 0.6 is 0 Å². The van der Waals surface area contributed by atoms with E-state index in [4.69, 9.17) is 14.2 Å². The third-order valence-corrected chi connectivity index (χ3v) is 5.08. The van der Waals surface area contributed by atoms with Crippen LogP contribution in [0.4, 0.5) is 0 Å². The monoisotopic (exact) mass is 366 g/mol. The van der Waals surface area contributed by atoms with Gasteiger partial charge >= 0.3 is 0 Å². The van der Waals surface area contributed by atoms with Crippen molar-refractivity contribution in [2.75, 3.05) is 33.4 Å². The number of hydrogen-bond donors (Lipinski definition) is 0. The molecular formula is C22H26N2O3. The standard InChI is InChI=1S/C22H26N2O3/c1-25-18-7-8-19-20(15-18)23-10-9-22(19)27-14-12-24-11-4-5-17(16-24)21-6-2-3-13-26-21/h4-5,7-10,15-16,21H,2-3,6,11-14H2,1H3. The van der Waals surface area contributed by atoms with Crippen molar-refractivity contribution in [2.24, 2.45) is 0 Å². The molecule has 1 fully saturated rings. The SMILES string of the molecule is COc1ccc2c(OCCN3C=C(C4CCCCO4)C=CC3)ccnc2c1. The molecule has 4 rings (SSSR count). The molecule has 1 unspecified atom stereocenters. The van der Waals surface area contributed by atoms with E-state index in [1.807, 2.05) is 24.3 Å². The largest absolute Gasteiger partial charge is 0.497 e. The van der Waals surface area contributed by atoms with Crippen LogP contribution in [0.25, 0.3) is 10.9 Å². The predicted molar refractivity (Wildman–Crippen MR) is 106 cm³/mol. The lowest BCUT2D eigenvalue weighted by atomic mass is 10.0. The summed E-state index contributed by atoms with van der Waals surface area (Å²) in [6.07, 6.45) is 12.2. The molecule has 1 saturated heterocycles. The number of ether oxygens (including phenoxy) is 3. The maximum absolute atomic E-state index is 6.07. The van der Waals surface area contributed by atoms with E-state index in [-0.39, 0.29) is 6.10 Å². The molecule has 142 valence electrons. The molecule has 0 bridgehead atoms. The average molecular weight is 366 g/mol. The summed E-state index contributed by atoms with van der Waals surface area (Å²) in [5.74, 6) is 1.66. The molecule has 0 aliphatic carbocycles. The maximum atomic E-state index is 6.07. The zero-order valence-electron chi connectivity index (χ0n) is 15.8. The van der Waals surface area contributed by atoms with Gasteiger partial charge in [-0.25, -0.2) is 0 Å². The van der Waals surface area contributed by atoms with Gasteiger partial charge in [0.15, 0.2) is 0 Å². The van der Waals surface area contributed by atoms with Crippen molar-refractivity contribution < 1.29 is 14.2 Å². The van der Waals surface area contributed by atoms with E-state index >= 15 is 0 Å². The van der Waals surface area contributed by atoms with E-state index in [9.17, 15) is 0 Å². The minimum absolute atomic E-state index is 0.248. The lowest BCUT2D eigenvalue weighted by Gasteiger charge is -2.29. The molecule has 0 spiro atoms.